The number of hydrogen-bond acceptors (Lipinski definition) is 3. The largest absolute Gasteiger partial charge is 0.497 e. The minimum Gasteiger partial charge on any atom is -0.497 e. The number of hydrogen-bond donors (Lipinski definition) is 2. The number of nitrogens with zero attached hydrogens (tertiary/aromatic N) is 1. The first-order valence-electron chi connectivity index (χ1n) is 8.06. The van der Waals surface area contributed by atoms with Gasteiger partial charge in [0.15, 0.2) is 5.96 Å². The number of rotatable bonds is 7. The quantitative estimate of drug-likeness (QED) is 0.300. The van der Waals surface area contributed by atoms with Crippen molar-refractivity contribution < 1.29 is 9.47 Å². The molecule has 0 amide bonds. The van der Waals surface area contributed by atoms with E-state index in [9.17, 15) is 0 Å². The third kappa shape index (κ3) is 7.28. The van der Waals surface area contributed by atoms with Crippen LogP contribution in [0.15, 0.2) is 29.3 Å². The average molecular weight is 433 g/mol. The standard InChI is InChI=1S/C17H27N3O2.HI/c1-18-17(20-14-6-3-4-7-14)19-12-5-13-22-16-10-8-15(21-2)9-11-16;/h8-11,14H,3-7,12-13H2,1-2H3,(H2,18,19,20);1H. The lowest BCUT2D eigenvalue weighted by molar-refractivity contribution is 0.310. The monoisotopic (exact) mass is 433 g/mol. The highest BCUT2D eigenvalue weighted by Gasteiger charge is 2.15. The van der Waals surface area contributed by atoms with Crippen LogP contribution in [0.25, 0.3) is 0 Å². The molecule has 5 nitrogen and oxygen atoms in total. The van der Waals surface area contributed by atoms with Gasteiger partial charge in [-0.25, -0.2) is 0 Å². The molecule has 1 aromatic carbocycles. The van der Waals surface area contributed by atoms with Crippen molar-refractivity contribution in [1.29, 1.82) is 0 Å². The van der Waals surface area contributed by atoms with Gasteiger partial charge in [0.2, 0.25) is 0 Å². The number of halogens is 1. The Bertz CT molecular complexity index is 459. The first-order valence-corrected chi connectivity index (χ1v) is 8.06. The molecule has 1 aliphatic carbocycles. The van der Waals surface area contributed by atoms with E-state index in [2.05, 4.69) is 15.6 Å². The third-order valence-corrected chi connectivity index (χ3v) is 3.86. The Balaban J connectivity index is 0.00000264. The van der Waals surface area contributed by atoms with Crippen LogP contribution in [0.1, 0.15) is 32.1 Å². The fraction of sp³-hybridized carbons (Fsp3) is 0.588. The summed E-state index contributed by atoms with van der Waals surface area (Å²) in [5, 5.41) is 6.81. The minimum atomic E-state index is 0. The SMILES string of the molecule is CN=C(NCCCOc1ccc(OC)cc1)NC1CCCC1.I. The molecule has 0 bridgehead atoms. The van der Waals surface area contributed by atoms with E-state index in [4.69, 9.17) is 9.47 Å². The maximum absolute atomic E-state index is 5.70. The molecular formula is C17H28IN3O2. The summed E-state index contributed by atoms with van der Waals surface area (Å²) in [4.78, 5) is 4.27. The summed E-state index contributed by atoms with van der Waals surface area (Å²) in [6.45, 7) is 1.53. The summed E-state index contributed by atoms with van der Waals surface area (Å²) in [6, 6.07) is 8.24. The maximum Gasteiger partial charge on any atom is 0.191 e. The number of ether oxygens (including phenoxy) is 2. The summed E-state index contributed by atoms with van der Waals surface area (Å²) < 4.78 is 10.8. The Morgan fingerprint density at radius 1 is 1.17 bits per heavy atom. The molecule has 130 valence electrons. The second kappa shape index (κ2) is 11.4. The molecule has 0 radical (unpaired) electrons. The van der Waals surface area contributed by atoms with Crippen molar-refractivity contribution in [3.8, 4) is 11.5 Å². The van der Waals surface area contributed by atoms with E-state index in [1.54, 1.807) is 7.11 Å². The minimum absolute atomic E-state index is 0. The lowest BCUT2D eigenvalue weighted by Gasteiger charge is -2.16. The zero-order valence-electron chi connectivity index (χ0n) is 14.0. The van der Waals surface area contributed by atoms with E-state index >= 15 is 0 Å². The van der Waals surface area contributed by atoms with Gasteiger partial charge in [-0.15, -0.1) is 24.0 Å². The molecule has 6 heteroatoms. The van der Waals surface area contributed by atoms with Crippen LogP contribution in [0.2, 0.25) is 0 Å². The van der Waals surface area contributed by atoms with E-state index in [1.807, 2.05) is 31.3 Å². The summed E-state index contributed by atoms with van der Waals surface area (Å²) in [5.41, 5.74) is 0. The second-order valence-corrected chi connectivity index (χ2v) is 5.50. The molecule has 1 saturated carbocycles. The fourth-order valence-corrected chi connectivity index (χ4v) is 2.60. The number of methoxy groups -OCH3 is 1. The van der Waals surface area contributed by atoms with Crippen LogP contribution < -0.4 is 20.1 Å². The number of aliphatic imine (C=N–C) groups is 1. The van der Waals surface area contributed by atoms with Crippen molar-refractivity contribution in [2.75, 3.05) is 27.3 Å². The highest BCUT2D eigenvalue weighted by molar-refractivity contribution is 14.0. The molecule has 23 heavy (non-hydrogen) atoms. The lowest BCUT2D eigenvalue weighted by Crippen LogP contribution is -2.42. The Kier molecular flexibility index (Phi) is 9.82. The fourth-order valence-electron chi connectivity index (χ4n) is 2.60. The third-order valence-electron chi connectivity index (χ3n) is 3.86. The highest BCUT2D eigenvalue weighted by atomic mass is 127. The number of nitrogens with one attached hydrogen (secondary N) is 2. The van der Waals surface area contributed by atoms with Crippen LogP contribution >= 0.6 is 24.0 Å². The molecule has 0 heterocycles. The summed E-state index contributed by atoms with van der Waals surface area (Å²) in [6.07, 6.45) is 6.08. The molecule has 0 unspecified atom stereocenters. The van der Waals surface area contributed by atoms with E-state index in [1.165, 1.54) is 25.7 Å². The Morgan fingerprint density at radius 2 is 1.83 bits per heavy atom. The molecule has 2 N–H and O–H groups in total. The zero-order valence-corrected chi connectivity index (χ0v) is 16.3. The van der Waals surface area contributed by atoms with Gasteiger partial charge in [0.1, 0.15) is 11.5 Å². The summed E-state index contributed by atoms with van der Waals surface area (Å²) in [7, 11) is 3.48. The highest BCUT2D eigenvalue weighted by Crippen LogP contribution is 2.18. The lowest BCUT2D eigenvalue weighted by atomic mass is 10.2. The van der Waals surface area contributed by atoms with Gasteiger partial charge >= 0.3 is 0 Å². The normalized spacial score (nSPS) is 15.0. The molecule has 0 saturated heterocycles. The van der Waals surface area contributed by atoms with E-state index in [0.717, 1.165) is 30.4 Å². The molecular weight excluding hydrogens is 405 g/mol. The van der Waals surface area contributed by atoms with Crippen LogP contribution in [-0.2, 0) is 0 Å². The van der Waals surface area contributed by atoms with Crippen LogP contribution in [0.5, 0.6) is 11.5 Å². The first-order chi connectivity index (χ1) is 10.8. The predicted octanol–water partition coefficient (Wildman–Crippen LogP) is 3.19. The van der Waals surface area contributed by atoms with Crippen LogP contribution in [-0.4, -0.2) is 39.3 Å². The van der Waals surface area contributed by atoms with Gasteiger partial charge < -0.3 is 20.1 Å². The van der Waals surface area contributed by atoms with Crippen molar-refractivity contribution in [3.05, 3.63) is 24.3 Å². The second-order valence-electron chi connectivity index (χ2n) is 5.50. The molecule has 0 aliphatic heterocycles. The smallest absolute Gasteiger partial charge is 0.191 e. The Labute approximate surface area is 156 Å². The number of guanidine groups is 1. The van der Waals surface area contributed by atoms with E-state index in [0.29, 0.717) is 12.6 Å². The maximum atomic E-state index is 5.70. The van der Waals surface area contributed by atoms with Gasteiger partial charge in [0.05, 0.1) is 13.7 Å². The van der Waals surface area contributed by atoms with E-state index in [-0.39, 0.29) is 24.0 Å². The Morgan fingerprint density at radius 3 is 2.43 bits per heavy atom. The topological polar surface area (TPSA) is 54.9 Å². The van der Waals surface area contributed by atoms with Gasteiger partial charge in [-0.2, -0.15) is 0 Å². The molecule has 0 aromatic heterocycles. The van der Waals surface area contributed by atoms with Gasteiger partial charge in [-0.05, 0) is 43.5 Å². The molecule has 1 fully saturated rings. The molecule has 1 aromatic rings. The van der Waals surface area contributed by atoms with Gasteiger partial charge in [0.25, 0.3) is 0 Å². The molecule has 0 spiro atoms. The van der Waals surface area contributed by atoms with Crippen molar-refractivity contribution in [2.45, 2.75) is 38.1 Å². The molecule has 1 aliphatic rings. The first kappa shape index (κ1) is 19.9. The average Bonchev–Trinajstić information content (AvgIpc) is 3.07. The molecule has 2 rings (SSSR count). The van der Waals surface area contributed by atoms with Crippen LogP contribution in [0, 0.1) is 0 Å². The van der Waals surface area contributed by atoms with Crippen molar-refractivity contribution in [1.82, 2.24) is 10.6 Å². The van der Waals surface area contributed by atoms with Gasteiger partial charge in [-0.1, -0.05) is 12.8 Å². The van der Waals surface area contributed by atoms with Crippen molar-refractivity contribution >= 4 is 29.9 Å². The Hall–Kier alpha value is -1.18. The predicted molar refractivity (Wildman–Crippen MR) is 105 cm³/mol. The van der Waals surface area contributed by atoms with Gasteiger partial charge in [0, 0.05) is 19.6 Å². The van der Waals surface area contributed by atoms with Crippen LogP contribution in [0.3, 0.4) is 0 Å². The van der Waals surface area contributed by atoms with Gasteiger partial charge in [-0.3, -0.25) is 4.99 Å². The summed E-state index contributed by atoms with van der Waals surface area (Å²) in [5.74, 6) is 2.61. The number of benzene rings is 1. The molecule has 0 atom stereocenters. The van der Waals surface area contributed by atoms with Crippen molar-refractivity contribution in [3.63, 3.8) is 0 Å². The van der Waals surface area contributed by atoms with Crippen molar-refractivity contribution in [2.24, 2.45) is 4.99 Å². The zero-order chi connectivity index (χ0) is 15.6. The summed E-state index contributed by atoms with van der Waals surface area (Å²) >= 11 is 0. The van der Waals surface area contributed by atoms with E-state index < -0.39 is 0 Å². The van der Waals surface area contributed by atoms with Crippen LogP contribution in [0.4, 0.5) is 0 Å².